The predicted octanol–water partition coefficient (Wildman–Crippen LogP) is 5.72. The molecule has 0 radical (unpaired) electrons. The van der Waals surface area contributed by atoms with Crippen LogP contribution in [-0.4, -0.2) is 48.5 Å². The fourth-order valence-corrected chi connectivity index (χ4v) is 5.42. The molecule has 0 fully saturated rings. The number of unbranched alkanes of at least 4 members (excludes halogenated alkanes) is 2. The second-order valence-electron chi connectivity index (χ2n) is 8.72. The molecule has 0 saturated heterocycles. The van der Waals surface area contributed by atoms with Gasteiger partial charge >= 0.3 is 6.01 Å². The van der Waals surface area contributed by atoms with Crippen LogP contribution in [0.15, 0.2) is 62.3 Å². The highest BCUT2D eigenvalue weighted by atomic mass is 32.2. The number of anilines is 1. The largest absolute Gasteiger partial charge is 0.490 e. The summed E-state index contributed by atoms with van der Waals surface area (Å²) in [5, 5.41) is 11.2. The normalized spacial score (nSPS) is 11.8. The summed E-state index contributed by atoms with van der Waals surface area (Å²) >= 11 is 0. The predicted molar refractivity (Wildman–Crippen MR) is 144 cm³/mol. The van der Waals surface area contributed by atoms with Gasteiger partial charge in [0, 0.05) is 24.0 Å². The molecule has 0 aliphatic carbocycles. The fourth-order valence-electron chi connectivity index (χ4n) is 3.90. The number of amides is 1. The lowest BCUT2D eigenvalue weighted by Crippen LogP contribution is -2.33. The van der Waals surface area contributed by atoms with Crippen molar-refractivity contribution in [1.29, 1.82) is 0 Å². The third-order valence-corrected chi connectivity index (χ3v) is 7.85. The number of nitrogens with one attached hydrogen (secondary N) is 1. The molecule has 0 unspecified atom stereocenters. The van der Waals surface area contributed by atoms with E-state index in [1.54, 1.807) is 6.07 Å². The van der Waals surface area contributed by atoms with Gasteiger partial charge in [-0.3, -0.25) is 10.1 Å². The molecule has 2 heterocycles. The number of hydrogen-bond donors (Lipinski definition) is 1. The molecule has 10 nitrogen and oxygen atoms in total. The average Bonchev–Trinajstić information content (AvgIpc) is 3.56. The summed E-state index contributed by atoms with van der Waals surface area (Å²) < 4.78 is 44.9. The highest BCUT2D eigenvalue weighted by molar-refractivity contribution is 7.89. The Kier molecular flexibility index (Phi) is 8.80. The molecule has 0 aliphatic heterocycles. The zero-order chi connectivity index (χ0) is 27.1. The Morgan fingerprint density at radius 1 is 0.974 bits per heavy atom. The van der Waals surface area contributed by atoms with E-state index >= 15 is 0 Å². The van der Waals surface area contributed by atoms with E-state index in [2.05, 4.69) is 15.5 Å². The molecule has 1 amide bonds. The van der Waals surface area contributed by atoms with Crippen LogP contribution in [0.5, 0.6) is 5.75 Å². The number of benzene rings is 2. The fraction of sp³-hybridized carbons (Fsp3) is 0.370. The summed E-state index contributed by atoms with van der Waals surface area (Å²) in [6, 6.07) is 13.0. The number of carbonyl (C=O) groups is 1. The van der Waals surface area contributed by atoms with Crippen LogP contribution in [0.1, 0.15) is 56.8 Å². The molecule has 11 heteroatoms. The topological polar surface area (TPSA) is 128 Å². The molecule has 0 atom stereocenters. The summed E-state index contributed by atoms with van der Waals surface area (Å²) in [5.74, 6) is 0.528. The van der Waals surface area contributed by atoms with E-state index < -0.39 is 15.9 Å². The van der Waals surface area contributed by atoms with Gasteiger partial charge in [0.25, 0.3) is 11.8 Å². The van der Waals surface area contributed by atoms with Crippen molar-refractivity contribution in [2.75, 3.05) is 25.0 Å². The Morgan fingerprint density at radius 2 is 1.68 bits per heavy atom. The van der Waals surface area contributed by atoms with E-state index in [1.807, 2.05) is 39.0 Å². The van der Waals surface area contributed by atoms with Crippen molar-refractivity contribution in [2.24, 2.45) is 0 Å². The van der Waals surface area contributed by atoms with Gasteiger partial charge in [0.2, 0.25) is 10.0 Å². The maximum absolute atomic E-state index is 13.2. The van der Waals surface area contributed by atoms with Crippen molar-refractivity contribution in [3.63, 3.8) is 0 Å². The summed E-state index contributed by atoms with van der Waals surface area (Å²) in [4.78, 5) is 12.9. The van der Waals surface area contributed by atoms with E-state index in [9.17, 15) is 13.2 Å². The molecule has 0 spiro atoms. The number of aromatic nitrogens is 2. The first-order valence-corrected chi connectivity index (χ1v) is 14.2. The van der Waals surface area contributed by atoms with E-state index in [0.717, 1.165) is 31.1 Å². The molecule has 0 aliphatic rings. The molecule has 2 aromatic heterocycles. The number of furan rings is 1. The highest BCUT2D eigenvalue weighted by Crippen LogP contribution is 2.33. The van der Waals surface area contributed by atoms with Crippen LogP contribution in [0, 0.1) is 0 Å². The van der Waals surface area contributed by atoms with Gasteiger partial charge in [-0.05, 0) is 56.2 Å². The zero-order valence-corrected chi connectivity index (χ0v) is 22.6. The third kappa shape index (κ3) is 6.05. The van der Waals surface area contributed by atoms with Crippen molar-refractivity contribution < 1.29 is 26.8 Å². The number of hydrogen-bond acceptors (Lipinski definition) is 8. The van der Waals surface area contributed by atoms with E-state index in [0.29, 0.717) is 36.8 Å². The SMILES string of the molecule is CCCCN(CCCC)S(=O)(=O)c1ccc(C(=O)Nc2nnc(-c3cc4cccc(OCC)c4o3)o2)cc1. The van der Waals surface area contributed by atoms with E-state index in [1.165, 1.54) is 28.6 Å². The molecule has 4 rings (SSSR count). The minimum absolute atomic E-state index is 0.0969. The summed E-state index contributed by atoms with van der Waals surface area (Å²) in [7, 11) is -3.65. The van der Waals surface area contributed by atoms with Crippen molar-refractivity contribution in [2.45, 2.75) is 51.3 Å². The molecule has 202 valence electrons. The first kappa shape index (κ1) is 27.3. The molecule has 0 bridgehead atoms. The Morgan fingerprint density at radius 3 is 2.34 bits per heavy atom. The van der Waals surface area contributed by atoms with Gasteiger partial charge in [-0.25, -0.2) is 8.42 Å². The number of nitrogens with zero attached hydrogens (tertiary/aromatic N) is 3. The number of ether oxygens (including phenoxy) is 1. The lowest BCUT2D eigenvalue weighted by atomic mass is 10.2. The van der Waals surface area contributed by atoms with Gasteiger partial charge in [0.05, 0.1) is 11.5 Å². The van der Waals surface area contributed by atoms with Gasteiger partial charge in [0.15, 0.2) is 17.1 Å². The molecule has 4 aromatic rings. The molecular weight excluding hydrogens is 508 g/mol. The van der Waals surface area contributed by atoms with Crippen LogP contribution in [0.3, 0.4) is 0 Å². The average molecular weight is 541 g/mol. The maximum atomic E-state index is 13.2. The molecule has 1 N–H and O–H groups in total. The standard InChI is InChI=1S/C27H32N4O6S/c1-4-7-16-31(17-8-5-2)38(33,34)21-14-12-19(13-15-21)25(32)28-27-30-29-26(37-27)23-18-20-10-9-11-22(35-6-3)24(20)36-23/h9-15,18H,4-8,16-17H2,1-3H3,(H,28,30,32). The minimum Gasteiger partial charge on any atom is -0.490 e. The smallest absolute Gasteiger partial charge is 0.322 e. The van der Waals surface area contributed by atoms with Gasteiger partial charge in [-0.1, -0.05) is 43.9 Å². The maximum Gasteiger partial charge on any atom is 0.322 e. The Hall–Kier alpha value is -3.70. The van der Waals surface area contributed by atoms with Crippen LogP contribution in [-0.2, 0) is 10.0 Å². The van der Waals surface area contributed by atoms with Gasteiger partial charge in [-0.2, -0.15) is 4.31 Å². The second kappa shape index (κ2) is 12.2. The van der Waals surface area contributed by atoms with E-state index in [-0.39, 0.29) is 22.4 Å². The van der Waals surface area contributed by atoms with Crippen molar-refractivity contribution >= 4 is 32.9 Å². The lowest BCUT2D eigenvalue weighted by molar-refractivity contribution is 0.102. The monoisotopic (exact) mass is 540 g/mol. The number of fused-ring (bicyclic) bond motifs is 1. The number of sulfonamides is 1. The van der Waals surface area contributed by atoms with Crippen LogP contribution < -0.4 is 10.1 Å². The van der Waals surface area contributed by atoms with Crippen molar-refractivity contribution in [3.8, 4) is 17.4 Å². The quantitative estimate of drug-likeness (QED) is 0.228. The highest BCUT2D eigenvalue weighted by Gasteiger charge is 2.24. The van der Waals surface area contributed by atoms with Crippen LogP contribution in [0.4, 0.5) is 6.01 Å². The lowest BCUT2D eigenvalue weighted by Gasteiger charge is -2.22. The summed E-state index contributed by atoms with van der Waals surface area (Å²) in [6.07, 6.45) is 3.38. The van der Waals surface area contributed by atoms with Gasteiger partial charge < -0.3 is 13.6 Å². The summed E-state index contributed by atoms with van der Waals surface area (Å²) in [6.45, 7) is 7.38. The number of carbonyl (C=O) groups excluding carboxylic acids is 1. The van der Waals surface area contributed by atoms with Gasteiger partial charge in [0.1, 0.15) is 0 Å². The number of rotatable bonds is 13. The van der Waals surface area contributed by atoms with Crippen LogP contribution >= 0.6 is 0 Å². The number of para-hydroxylation sites is 1. The Labute approximate surface area is 222 Å². The van der Waals surface area contributed by atoms with Crippen molar-refractivity contribution in [1.82, 2.24) is 14.5 Å². The van der Waals surface area contributed by atoms with Crippen LogP contribution in [0.25, 0.3) is 22.6 Å². The molecule has 0 saturated carbocycles. The Balaban J connectivity index is 1.46. The summed E-state index contributed by atoms with van der Waals surface area (Å²) in [5.41, 5.74) is 0.814. The first-order chi connectivity index (χ1) is 18.4. The van der Waals surface area contributed by atoms with Crippen molar-refractivity contribution in [3.05, 3.63) is 54.1 Å². The minimum atomic E-state index is -3.65. The second-order valence-corrected chi connectivity index (χ2v) is 10.7. The third-order valence-electron chi connectivity index (χ3n) is 5.94. The Bertz CT molecular complexity index is 1470. The van der Waals surface area contributed by atoms with Gasteiger partial charge in [-0.15, -0.1) is 5.10 Å². The van der Waals surface area contributed by atoms with Crippen LogP contribution in [0.2, 0.25) is 0 Å². The molecular formula is C27H32N4O6S. The first-order valence-electron chi connectivity index (χ1n) is 12.8. The zero-order valence-electron chi connectivity index (χ0n) is 21.8. The van der Waals surface area contributed by atoms with E-state index in [4.69, 9.17) is 13.6 Å². The molecule has 2 aromatic carbocycles. The molecule has 38 heavy (non-hydrogen) atoms.